The lowest BCUT2D eigenvalue weighted by Gasteiger charge is -2.37. The molecule has 1 saturated carbocycles. The van der Waals surface area contributed by atoms with E-state index in [4.69, 9.17) is 49.3 Å². The summed E-state index contributed by atoms with van der Waals surface area (Å²) >= 11 is 0. The van der Waals surface area contributed by atoms with Crippen LogP contribution in [0.1, 0.15) is 66.5 Å². The summed E-state index contributed by atoms with van der Waals surface area (Å²) in [6.45, 7) is 41.1. The molecule has 0 saturated heterocycles. The lowest BCUT2D eigenvalue weighted by Crippen LogP contribution is -2.21. The molecule has 1 fully saturated rings. The number of hydrogen-bond donors (Lipinski definition) is 0. The van der Waals surface area contributed by atoms with Crippen molar-refractivity contribution in [1.29, 1.82) is 36.8 Å². The van der Waals surface area contributed by atoms with Gasteiger partial charge in [0.05, 0.1) is 109 Å². The van der Waals surface area contributed by atoms with Crippen LogP contribution in [0, 0.1) is 112 Å². The van der Waals surface area contributed by atoms with Crippen LogP contribution in [0.2, 0.25) is 0 Å². The molecule has 0 bridgehead atoms. The molecule has 0 N–H and O–H groups in total. The zero-order valence-electron chi connectivity index (χ0n) is 39.4. The quantitative estimate of drug-likeness (QED) is 0.148. The van der Waals surface area contributed by atoms with E-state index < -0.39 is 184 Å². The topological polar surface area (TPSA) is 188 Å². The summed E-state index contributed by atoms with van der Waals surface area (Å²) in [7, 11) is 0. The Morgan fingerprint density at radius 3 is 1.00 bits per heavy atom. The van der Waals surface area contributed by atoms with Crippen LogP contribution >= 0.6 is 0 Å². The van der Waals surface area contributed by atoms with Crippen LogP contribution in [0.25, 0.3) is 46.8 Å². The number of rotatable bonds is 4. The zero-order chi connectivity index (χ0) is 51.0. The Kier molecular flexibility index (Phi) is 6.74. The number of benzene rings is 4. The van der Waals surface area contributed by atoms with Gasteiger partial charge in [0.25, 0.3) is 0 Å². The SMILES string of the molecule is [2H]c1c([2H])c(C#N)c(/C(C#N)=C2/C(=C(/[N+]#[C-])c3c([N+]#[C-])c([2H])c([2H])c([2H])c3[N+]#[C-])C(=C(/[N+]#[C-])c3c(C#N)c([2H])c([2H])c([2H])c3[N+]#[C-])/C2=C(/C#N)c2c(C#N)c([2H])c([2H])c([2H])c2C#N)c(C#N)c1[2H]. The number of nitriles is 7. The third kappa shape index (κ3) is 5.76. The van der Waals surface area contributed by atoms with Crippen LogP contribution in [0.4, 0.5) is 17.1 Å². The molecular formula is C44H12N12. The third-order valence-electron chi connectivity index (χ3n) is 7.73. The van der Waals surface area contributed by atoms with E-state index in [1.54, 1.807) is 42.5 Å². The molecule has 4 aromatic rings. The minimum Gasteiger partial charge on any atom is -0.240 e. The summed E-state index contributed by atoms with van der Waals surface area (Å²) in [4.78, 5) is 16.6. The first-order valence-corrected chi connectivity index (χ1v) is 14.6. The highest BCUT2D eigenvalue weighted by molar-refractivity contribution is 6.14. The van der Waals surface area contributed by atoms with Crippen LogP contribution in [-0.2, 0) is 0 Å². The lowest BCUT2D eigenvalue weighted by atomic mass is 9.65. The molecule has 0 amide bonds. The fourth-order valence-corrected chi connectivity index (χ4v) is 5.58. The van der Waals surface area contributed by atoms with Gasteiger partial charge in [0, 0.05) is 26.4 Å². The highest BCUT2D eigenvalue weighted by atomic mass is 14.8. The summed E-state index contributed by atoms with van der Waals surface area (Å²) in [5.74, 6) is 0. The molecule has 12 nitrogen and oxygen atoms in total. The zero-order valence-corrected chi connectivity index (χ0v) is 27.4. The lowest BCUT2D eigenvalue weighted by molar-refractivity contribution is 1.24. The van der Waals surface area contributed by atoms with Gasteiger partial charge in [0.2, 0.25) is 0 Å². The molecule has 1 aliphatic carbocycles. The molecule has 12 heteroatoms. The molecular weight excluding hydrogens is 697 g/mol. The average molecular weight is 721 g/mol. The Bertz CT molecular complexity index is 3170. The molecule has 4 aromatic carbocycles. The minimum absolute atomic E-state index is 0.948. The van der Waals surface area contributed by atoms with Crippen molar-refractivity contribution in [2.24, 2.45) is 0 Å². The summed E-state index contributed by atoms with van der Waals surface area (Å²) in [6.07, 6.45) is 0. The Morgan fingerprint density at radius 1 is 0.411 bits per heavy atom. The summed E-state index contributed by atoms with van der Waals surface area (Å²) in [5.41, 5.74) is -19.9. The molecule has 248 valence electrons. The molecule has 0 radical (unpaired) electrons. The van der Waals surface area contributed by atoms with E-state index in [2.05, 4.69) is 24.2 Å². The monoisotopic (exact) mass is 720 g/mol. The molecule has 0 atom stereocenters. The minimum atomic E-state index is -1.12. The first kappa shape index (κ1) is 24.0. The van der Waals surface area contributed by atoms with E-state index in [1.807, 2.05) is 0 Å². The van der Waals surface area contributed by atoms with Crippen molar-refractivity contribution in [2.45, 2.75) is 0 Å². The van der Waals surface area contributed by atoms with Crippen molar-refractivity contribution in [1.82, 2.24) is 0 Å². The average Bonchev–Trinajstić information content (AvgIpc) is 3.33. The molecule has 0 aromatic heterocycles. The van der Waals surface area contributed by atoms with Crippen LogP contribution in [0.15, 0.2) is 94.8 Å². The Hall–Kier alpha value is -10.3. The van der Waals surface area contributed by atoms with Crippen LogP contribution in [0.3, 0.4) is 0 Å². The molecule has 0 unspecified atom stereocenters. The van der Waals surface area contributed by atoms with Gasteiger partial charge in [-0.15, -0.1) is 0 Å². The van der Waals surface area contributed by atoms with Crippen molar-refractivity contribution < 1.29 is 16.4 Å². The van der Waals surface area contributed by atoms with Crippen LogP contribution in [-0.4, -0.2) is 0 Å². The first-order valence-electron chi connectivity index (χ1n) is 20.6. The predicted octanol–water partition coefficient (Wildman–Crippen LogP) is 9.63. The van der Waals surface area contributed by atoms with Gasteiger partial charge < -0.3 is 0 Å². The highest BCUT2D eigenvalue weighted by Gasteiger charge is 2.43. The van der Waals surface area contributed by atoms with Gasteiger partial charge in [0.1, 0.15) is 12.1 Å². The molecule has 56 heavy (non-hydrogen) atoms. The highest BCUT2D eigenvalue weighted by Crippen LogP contribution is 2.59. The Labute approximate surface area is 337 Å². The molecule has 1 aliphatic rings. The normalized spacial score (nSPS) is 17.4. The summed E-state index contributed by atoms with van der Waals surface area (Å²) < 4.78 is 102. The largest absolute Gasteiger partial charge is 0.240 e. The smallest absolute Gasteiger partial charge is 0.192 e. The van der Waals surface area contributed by atoms with Crippen LogP contribution in [0.5, 0.6) is 0 Å². The van der Waals surface area contributed by atoms with Gasteiger partial charge in [-0.3, -0.25) is 0 Å². The van der Waals surface area contributed by atoms with Crippen molar-refractivity contribution >= 4 is 39.6 Å². The van der Waals surface area contributed by atoms with Crippen molar-refractivity contribution in [3.63, 3.8) is 0 Å². The maximum atomic E-state index is 11.2. The summed E-state index contributed by atoms with van der Waals surface area (Å²) in [6, 6.07) is -1.32. The van der Waals surface area contributed by atoms with Crippen LogP contribution < -0.4 is 0 Å². The van der Waals surface area contributed by atoms with Gasteiger partial charge in [-0.05, 0) is 58.1 Å². The first-order chi connectivity index (χ1) is 32.3. The van der Waals surface area contributed by atoms with E-state index >= 15 is 0 Å². The molecule has 0 aliphatic heterocycles. The fraction of sp³-hybridized carbons (Fsp3) is 0. The second kappa shape index (κ2) is 15.7. The summed E-state index contributed by atoms with van der Waals surface area (Å²) in [5, 5.41) is 74.5. The van der Waals surface area contributed by atoms with Crippen molar-refractivity contribution in [3.05, 3.63) is 202 Å². The third-order valence-corrected chi connectivity index (χ3v) is 7.73. The maximum absolute atomic E-state index is 11.2. The van der Waals surface area contributed by atoms with E-state index in [-0.39, 0.29) is 0 Å². The standard InChI is InChI=1S/C44H12N12/c1-52-32-15-8-14-29(22-49)37(32)43(55-4)41-38(30(23-50)35-25(18-45)10-6-11-26(35)19-46)39(31(24-51)36-27(20-47)12-7-13-28(36)21-48)42(41)44(56-5)40-33(53-2)16-9-17-34(40)54-3/h6-17H/b38-30-,39-31+,43-41+,44-42-/i6D,7D,8D,9D,10D,11D,12D,13D,14D,15D,16D,17D. The van der Waals surface area contributed by atoms with Crippen molar-refractivity contribution in [3.8, 4) is 42.5 Å². The van der Waals surface area contributed by atoms with E-state index in [0.29, 0.717) is 0 Å². The number of nitrogens with zero attached hydrogens (tertiary/aromatic N) is 12. The van der Waals surface area contributed by atoms with E-state index in [9.17, 15) is 36.8 Å². The van der Waals surface area contributed by atoms with E-state index in [0.717, 1.165) is 0 Å². The fourth-order valence-electron chi connectivity index (χ4n) is 5.58. The van der Waals surface area contributed by atoms with E-state index in [1.165, 1.54) is 0 Å². The number of hydrogen-bond acceptors (Lipinski definition) is 7. The van der Waals surface area contributed by atoms with Gasteiger partial charge in [-0.2, -0.15) is 36.8 Å². The van der Waals surface area contributed by atoms with Gasteiger partial charge in [-0.25, -0.2) is 24.2 Å². The van der Waals surface area contributed by atoms with Gasteiger partial charge in [0.15, 0.2) is 28.5 Å². The number of allylic oxidation sites excluding steroid dienone is 6. The van der Waals surface area contributed by atoms with Gasteiger partial charge >= 0.3 is 0 Å². The Morgan fingerprint density at radius 2 is 0.696 bits per heavy atom. The second-order valence-electron chi connectivity index (χ2n) is 10.2. The second-order valence-corrected chi connectivity index (χ2v) is 10.2. The maximum Gasteiger partial charge on any atom is 0.192 e. The van der Waals surface area contributed by atoms with Gasteiger partial charge in [-0.1, -0.05) is 42.3 Å². The predicted molar refractivity (Wildman–Crippen MR) is 200 cm³/mol. The van der Waals surface area contributed by atoms with Crippen molar-refractivity contribution in [2.75, 3.05) is 0 Å². The molecule has 0 heterocycles. The molecule has 0 spiro atoms. The molecule has 5 rings (SSSR count). The Balaban J connectivity index is 2.50.